The lowest BCUT2D eigenvalue weighted by Gasteiger charge is -2.31. The van der Waals surface area contributed by atoms with E-state index >= 15 is 0 Å². The number of nitro benzene ring substituents is 1. The van der Waals surface area contributed by atoms with Gasteiger partial charge in [-0.15, -0.1) is 0 Å². The quantitative estimate of drug-likeness (QED) is 0.364. The Morgan fingerprint density at radius 3 is 2.43 bits per heavy atom. The Labute approximate surface area is 204 Å². The molecule has 0 aliphatic carbocycles. The fourth-order valence-corrected chi connectivity index (χ4v) is 4.34. The van der Waals surface area contributed by atoms with Crippen molar-refractivity contribution in [3.8, 4) is 5.75 Å². The maximum absolute atomic E-state index is 13.5. The number of rotatable bonds is 11. The summed E-state index contributed by atoms with van der Waals surface area (Å²) in [6, 6.07) is 9.94. The largest absolute Gasteiger partial charge is 0.495 e. The number of nitrogens with zero attached hydrogens (tertiary/aromatic N) is 3. The Morgan fingerprint density at radius 2 is 1.89 bits per heavy atom. The summed E-state index contributed by atoms with van der Waals surface area (Å²) in [5.74, 6) is -1.02. The highest BCUT2D eigenvalue weighted by Gasteiger charge is 2.31. The molecular formula is C23H30N4O7S. The zero-order valence-electron chi connectivity index (χ0n) is 20.3. The molecule has 0 aliphatic rings. The van der Waals surface area contributed by atoms with Gasteiger partial charge in [-0.3, -0.25) is 24.0 Å². The van der Waals surface area contributed by atoms with Gasteiger partial charge in [-0.05, 0) is 32.4 Å². The molecule has 0 saturated heterocycles. The van der Waals surface area contributed by atoms with E-state index in [2.05, 4.69) is 5.32 Å². The molecule has 190 valence electrons. The Morgan fingerprint density at radius 1 is 1.20 bits per heavy atom. The van der Waals surface area contributed by atoms with E-state index in [0.29, 0.717) is 6.54 Å². The molecule has 2 rings (SSSR count). The lowest BCUT2D eigenvalue weighted by atomic mass is 10.1. The number of carbonyl (C=O) groups excluding carboxylic acids is 2. The van der Waals surface area contributed by atoms with Gasteiger partial charge in [0.05, 0.1) is 18.3 Å². The van der Waals surface area contributed by atoms with Crippen LogP contribution in [0, 0.1) is 17.0 Å². The van der Waals surface area contributed by atoms with Gasteiger partial charge in [-0.25, -0.2) is 8.42 Å². The van der Waals surface area contributed by atoms with Gasteiger partial charge >= 0.3 is 0 Å². The molecule has 0 aliphatic heterocycles. The molecule has 0 radical (unpaired) electrons. The third-order valence-electron chi connectivity index (χ3n) is 5.27. The molecule has 11 nitrogen and oxygen atoms in total. The van der Waals surface area contributed by atoms with Gasteiger partial charge in [0.15, 0.2) is 0 Å². The van der Waals surface area contributed by atoms with Crippen LogP contribution in [-0.2, 0) is 26.2 Å². The molecule has 12 heteroatoms. The van der Waals surface area contributed by atoms with Crippen LogP contribution in [0.15, 0.2) is 42.5 Å². The first-order valence-electron chi connectivity index (χ1n) is 10.8. The Balaban J connectivity index is 2.51. The number of ether oxygens (including phenoxy) is 1. The number of nitrogens with one attached hydrogen (secondary N) is 1. The average Bonchev–Trinajstić information content (AvgIpc) is 2.79. The normalized spacial score (nSPS) is 11.9. The van der Waals surface area contributed by atoms with Crippen molar-refractivity contribution in [2.24, 2.45) is 0 Å². The highest BCUT2D eigenvalue weighted by molar-refractivity contribution is 7.92. The summed E-state index contributed by atoms with van der Waals surface area (Å²) in [7, 11) is -2.79. The second-order valence-corrected chi connectivity index (χ2v) is 9.87. The van der Waals surface area contributed by atoms with E-state index in [1.54, 1.807) is 19.9 Å². The predicted molar refractivity (Wildman–Crippen MR) is 132 cm³/mol. The van der Waals surface area contributed by atoms with Gasteiger partial charge < -0.3 is 15.0 Å². The summed E-state index contributed by atoms with van der Waals surface area (Å²) in [4.78, 5) is 38.0. The van der Waals surface area contributed by atoms with Crippen LogP contribution in [0.25, 0.3) is 0 Å². The molecule has 0 unspecified atom stereocenters. The van der Waals surface area contributed by atoms with Crippen LogP contribution in [0.1, 0.15) is 25.0 Å². The predicted octanol–water partition coefficient (Wildman–Crippen LogP) is 2.23. The summed E-state index contributed by atoms with van der Waals surface area (Å²) >= 11 is 0. The monoisotopic (exact) mass is 506 g/mol. The number of non-ortho nitro benzene ring substituents is 1. The summed E-state index contributed by atoms with van der Waals surface area (Å²) in [5, 5.41) is 14.0. The van der Waals surface area contributed by atoms with E-state index in [9.17, 15) is 28.1 Å². The van der Waals surface area contributed by atoms with Crippen molar-refractivity contribution in [2.75, 3.05) is 30.8 Å². The minimum absolute atomic E-state index is 0.0378. The van der Waals surface area contributed by atoms with Crippen molar-refractivity contribution >= 4 is 33.2 Å². The minimum atomic E-state index is -4.07. The maximum atomic E-state index is 13.5. The third-order valence-corrected chi connectivity index (χ3v) is 6.40. The van der Waals surface area contributed by atoms with Crippen molar-refractivity contribution in [3.63, 3.8) is 0 Å². The molecule has 2 aromatic carbocycles. The molecule has 0 saturated carbocycles. The first-order valence-corrected chi connectivity index (χ1v) is 12.7. The average molecular weight is 507 g/mol. The standard InChI is InChI=1S/C23H30N4O7S/c1-6-24-23(29)17(3)25(14-18-9-7-8-16(2)12-18)22(28)15-26(35(5,32)33)20-13-19(27(30)31)10-11-21(20)34-4/h7-13,17H,6,14-15H2,1-5H3,(H,24,29)/t17-/m1/s1. The van der Waals surface area contributed by atoms with Crippen LogP contribution in [0.2, 0.25) is 0 Å². The second kappa shape index (κ2) is 11.6. The number of hydrogen-bond donors (Lipinski definition) is 1. The van der Waals surface area contributed by atoms with E-state index in [0.717, 1.165) is 27.8 Å². The van der Waals surface area contributed by atoms with E-state index in [1.807, 2.05) is 25.1 Å². The highest BCUT2D eigenvalue weighted by atomic mass is 32.2. The zero-order valence-corrected chi connectivity index (χ0v) is 21.2. The van der Waals surface area contributed by atoms with Gasteiger partial charge in [0.2, 0.25) is 21.8 Å². The molecule has 35 heavy (non-hydrogen) atoms. The number of anilines is 1. The lowest BCUT2D eigenvalue weighted by molar-refractivity contribution is -0.384. The number of hydrogen-bond acceptors (Lipinski definition) is 7. The molecule has 1 N–H and O–H groups in total. The van der Waals surface area contributed by atoms with Crippen LogP contribution in [0.4, 0.5) is 11.4 Å². The maximum Gasteiger partial charge on any atom is 0.271 e. The minimum Gasteiger partial charge on any atom is -0.495 e. The molecule has 0 fully saturated rings. The summed E-state index contributed by atoms with van der Waals surface area (Å²) < 4.78 is 31.3. The number of amides is 2. The Hall–Kier alpha value is -3.67. The molecular weight excluding hydrogens is 476 g/mol. The van der Waals surface area contributed by atoms with Crippen LogP contribution >= 0.6 is 0 Å². The fourth-order valence-electron chi connectivity index (χ4n) is 3.49. The van der Waals surface area contributed by atoms with E-state index < -0.39 is 39.3 Å². The number of benzene rings is 2. The summed E-state index contributed by atoms with van der Waals surface area (Å²) in [6.45, 7) is 4.92. The number of carbonyl (C=O) groups is 2. The van der Waals surface area contributed by atoms with Crippen LogP contribution in [-0.4, -0.2) is 62.6 Å². The molecule has 0 bridgehead atoms. The summed E-state index contributed by atoms with van der Waals surface area (Å²) in [5.41, 5.74) is 1.20. The lowest BCUT2D eigenvalue weighted by Crippen LogP contribution is -2.51. The Bertz CT molecular complexity index is 1200. The SMILES string of the molecule is CCNC(=O)[C@@H](C)N(Cc1cccc(C)c1)C(=O)CN(c1cc([N+](=O)[O-])ccc1OC)S(C)(=O)=O. The second-order valence-electron chi connectivity index (χ2n) is 7.96. The van der Waals surface area contributed by atoms with E-state index in [1.165, 1.54) is 24.1 Å². The van der Waals surface area contributed by atoms with E-state index in [-0.39, 0.29) is 23.7 Å². The van der Waals surface area contributed by atoms with Crippen LogP contribution in [0.5, 0.6) is 5.75 Å². The number of aryl methyl sites for hydroxylation is 1. The summed E-state index contributed by atoms with van der Waals surface area (Å²) in [6.07, 6.45) is 0.886. The highest BCUT2D eigenvalue weighted by Crippen LogP contribution is 2.33. The van der Waals surface area contributed by atoms with Crippen molar-refractivity contribution in [1.82, 2.24) is 10.2 Å². The Kier molecular flexibility index (Phi) is 9.18. The smallest absolute Gasteiger partial charge is 0.271 e. The number of likely N-dealkylation sites (N-methyl/N-ethyl adjacent to an activating group) is 1. The van der Waals surface area contributed by atoms with Gasteiger partial charge in [-0.1, -0.05) is 29.8 Å². The number of sulfonamides is 1. The van der Waals surface area contributed by atoms with E-state index in [4.69, 9.17) is 4.74 Å². The van der Waals surface area contributed by atoms with Crippen molar-refractivity contribution in [1.29, 1.82) is 0 Å². The topological polar surface area (TPSA) is 139 Å². The number of methoxy groups -OCH3 is 1. The molecule has 2 aromatic rings. The number of nitro groups is 1. The first-order chi connectivity index (χ1) is 16.4. The van der Waals surface area contributed by atoms with Crippen molar-refractivity contribution in [3.05, 3.63) is 63.7 Å². The first kappa shape index (κ1) is 27.6. The molecule has 2 amide bonds. The van der Waals surface area contributed by atoms with Crippen molar-refractivity contribution in [2.45, 2.75) is 33.4 Å². The third kappa shape index (κ3) is 7.15. The van der Waals surface area contributed by atoms with Gasteiger partial charge in [-0.2, -0.15) is 0 Å². The fraction of sp³-hybridized carbons (Fsp3) is 0.391. The van der Waals surface area contributed by atoms with Crippen molar-refractivity contribution < 1.29 is 27.7 Å². The molecule has 0 spiro atoms. The van der Waals surface area contributed by atoms with Crippen LogP contribution < -0.4 is 14.4 Å². The van der Waals surface area contributed by atoms with Crippen LogP contribution in [0.3, 0.4) is 0 Å². The van der Waals surface area contributed by atoms with Gasteiger partial charge in [0, 0.05) is 25.2 Å². The zero-order chi connectivity index (χ0) is 26.3. The molecule has 0 heterocycles. The molecule has 1 atom stereocenters. The molecule has 0 aromatic heterocycles. The van der Waals surface area contributed by atoms with Gasteiger partial charge in [0.1, 0.15) is 24.0 Å². The van der Waals surface area contributed by atoms with Gasteiger partial charge in [0.25, 0.3) is 5.69 Å².